The standard InChI is InChI=1S/C26H30N4O6/c1-14-13-35-21-19(16(11-27)9-15-10-18(23(32)33)22(31)30(14)20(15)21)29-8-5-17(12-29)26(6-7-26)28-24(34)36-25(2,3)4/h9-10,14,17H,5-8,12-13H2,1-4H3,(H,28,34)(H,32,33)/t14-,17+/m0/s1. The number of aromatic carboxylic acids is 1. The quantitative estimate of drug-likeness (QED) is 0.661. The van der Waals surface area contributed by atoms with Crippen LogP contribution < -0.4 is 20.5 Å². The molecule has 10 nitrogen and oxygen atoms in total. The van der Waals surface area contributed by atoms with Crippen molar-refractivity contribution in [2.75, 3.05) is 24.6 Å². The lowest BCUT2D eigenvalue weighted by Crippen LogP contribution is -2.45. The monoisotopic (exact) mass is 494 g/mol. The number of hydrogen-bond acceptors (Lipinski definition) is 7. The van der Waals surface area contributed by atoms with E-state index >= 15 is 0 Å². The second-order valence-corrected chi connectivity index (χ2v) is 11.1. The molecule has 2 atom stereocenters. The molecule has 2 aliphatic heterocycles. The van der Waals surface area contributed by atoms with Gasteiger partial charge in [0.05, 0.1) is 22.8 Å². The molecule has 0 radical (unpaired) electrons. The van der Waals surface area contributed by atoms with Gasteiger partial charge in [0.2, 0.25) is 0 Å². The average molecular weight is 495 g/mol. The first-order valence-corrected chi connectivity index (χ1v) is 12.2. The molecule has 3 aliphatic rings. The minimum Gasteiger partial charge on any atom is -0.487 e. The minimum absolute atomic E-state index is 0.165. The summed E-state index contributed by atoms with van der Waals surface area (Å²) in [4.78, 5) is 39.3. The summed E-state index contributed by atoms with van der Waals surface area (Å²) >= 11 is 0. The Bertz CT molecular complexity index is 1380. The third-order valence-electron chi connectivity index (χ3n) is 7.33. The molecular formula is C26H30N4O6. The Morgan fingerprint density at radius 1 is 1.31 bits per heavy atom. The number of carbonyl (C=O) groups is 2. The van der Waals surface area contributed by atoms with Crippen LogP contribution in [0, 0.1) is 17.2 Å². The molecule has 1 aromatic heterocycles. The normalized spacial score (nSPS) is 22.0. The molecular weight excluding hydrogens is 464 g/mol. The Kier molecular flexibility index (Phi) is 5.43. The fourth-order valence-corrected chi connectivity index (χ4v) is 5.54. The molecule has 1 saturated carbocycles. The largest absolute Gasteiger partial charge is 0.487 e. The van der Waals surface area contributed by atoms with E-state index in [1.807, 2.05) is 20.8 Å². The molecule has 2 aromatic rings. The molecule has 1 aromatic carbocycles. The summed E-state index contributed by atoms with van der Waals surface area (Å²) in [6.45, 7) is 8.76. The highest BCUT2D eigenvalue weighted by molar-refractivity contribution is 5.99. The van der Waals surface area contributed by atoms with Crippen molar-refractivity contribution in [2.45, 2.75) is 64.1 Å². The van der Waals surface area contributed by atoms with E-state index in [0.717, 1.165) is 19.3 Å². The summed E-state index contributed by atoms with van der Waals surface area (Å²) in [5.74, 6) is -0.705. The molecule has 0 spiro atoms. The van der Waals surface area contributed by atoms with E-state index in [2.05, 4.69) is 16.3 Å². The zero-order chi connectivity index (χ0) is 26.0. The molecule has 10 heteroatoms. The van der Waals surface area contributed by atoms with Crippen molar-refractivity contribution in [2.24, 2.45) is 5.92 Å². The highest BCUT2D eigenvalue weighted by atomic mass is 16.6. The van der Waals surface area contributed by atoms with Gasteiger partial charge in [-0.2, -0.15) is 5.26 Å². The van der Waals surface area contributed by atoms with E-state index in [4.69, 9.17) is 9.47 Å². The number of carboxylic acids is 1. The Morgan fingerprint density at radius 3 is 2.64 bits per heavy atom. The first-order chi connectivity index (χ1) is 16.9. The lowest BCUT2D eigenvalue weighted by Gasteiger charge is -2.32. The van der Waals surface area contributed by atoms with E-state index in [1.165, 1.54) is 10.6 Å². The smallest absolute Gasteiger partial charge is 0.408 e. The van der Waals surface area contributed by atoms with Crippen molar-refractivity contribution in [1.29, 1.82) is 5.26 Å². The molecule has 36 heavy (non-hydrogen) atoms. The number of rotatable bonds is 4. The topological polar surface area (TPSA) is 134 Å². The number of benzene rings is 1. The Balaban J connectivity index is 1.52. The maximum atomic E-state index is 13.0. The number of pyridine rings is 1. The van der Waals surface area contributed by atoms with Crippen LogP contribution in [0.25, 0.3) is 10.9 Å². The summed E-state index contributed by atoms with van der Waals surface area (Å²) < 4.78 is 13.1. The Morgan fingerprint density at radius 2 is 2.03 bits per heavy atom. The van der Waals surface area contributed by atoms with Gasteiger partial charge in [0, 0.05) is 29.9 Å². The van der Waals surface area contributed by atoms with Gasteiger partial charge in [-0.1, -0.05) is 0 Å². The van der Waals surface area contributed by atoms with Crippen LogP contribution in [0.1, 0.15) is 68.9 Å². The van der Waals surface area contributed by atoms with E-state index in [9.17, 15) is 24.8 Å². The van der Waals surface area contributed by atoms with Gasteiger partial charge in [0.1, 0.15) is 23.8 Å². The number of nitriles is 1. The second-order valence-electron chi connectivity index (χ2n) is 11.1. The SMILES string of the molecule is C[C@H]1COc2c(N3CC[C@@H](C4(NC(=O)OC(C)(C)C)CC4)C3)c(C#N)cc3cc(C(=O)O)c(=O)n1c23. The van der Waals surface area contributed by atoms with Gasteiger partial charge in [0.25, 0.3) is 5.56 Å². The lowest BCUT2D eigenvalue weighted by molar-refractivity contribution is 0.0477. The predicted molar refractivity (Wildman–Crippen MR) is 132 cm³/mol. The molecule has 0 bridgehead atoms. The van der Waals surface area contributed by atoms with Crippen molar-refractivity contribution < 1.29 is 24.2 Å². The maximum Gasteiger partial charge on any atom is 0.408 e. The highest BCUT2D eigenvalue weighted by Gasteiger charge is 2.53. The Hall–Kier alpha value is -3.74. The molecule has 190 valence electrons. The molecule has 1 amide bonds. The fraction of sp³-hybridized carbons (Fsp3) is 0.538. The summed E-state index contributed by atoms with van der Waals surface area (Å²) in [6, 6.07) is 4.84. The van der Waals surface area contributed by atoms with Gasteiger partial charge < -0.3 is 24.8 Å². The zero-order valence-electron chi connectivity index (χ0n) is 20.9. The van der Waals surface area contributed by atoms with Crippen LogP contribution in [0.4, 0.5) is 10.5 Å². The number of aromatic nitrogens is 1. The third-order valence-corrected chi connectivity index (χ3v) is 7.33. The number of hydrogen-bond donors (Lipinski definition) is 2. The van der Waals surface area contributed by atoms with Gasteiger partial charge >= 0.3 is 12.1 Å². The average Bonchev–Trinajstić information content (AvgIpc) is 3.39. The van der Waals surface area contributed by atoms with Crippen molar-refractivity contribution in [1.82, 2.24) is 9.88 Å². The molecule has 5 rings (SSSR count). The highest BCUT2D eigenvalue weighted by Crippen LogP contribution is 2.49. The van der Waals surface area contributed by atoms with Crippen LogP contribution in [0.15, 0.2) is 16.9 Å². The predicted octanol–water partition coefficient (Wildman–Crippen LogP) is 3.41. The van der Waals surface area contributed by atoms with Crippen molar-refractivity contribution in [3.05, 3.63) is 33.6 Å². The first kappa shape index (κ1) is 24.0. The number of amides is 1. The van der Waals surface area contributed by atoms with Gasteiger partial charge in [-0.25, -0.2) is 9.59 Å². The minimum atomic E-state index is -1.30. The molecule has 1 saturated heterocycles. The van der Waals surface area contributed by atoms with E-state index in [-0.39, 0.29) is 29.7 Å². The number of anilines is 1. The number of nitrogens with one attached hydrogen (secondary N) is 1. The Labute approximate surface area is 208 Å². The number of carboxylic acid groups (broad SMARTS) is 1. The first-order valence-electron chi connectivity index (χ1n) is 12.2. The molecule has 0 unspecified atom stereocenters. The number of alkyl carbamates (subject to hydrolysis) is 1. The number of nitrogens with zero attached hydrogens (tertiary/aromatic N) is 3. The summed E-state index contributed by atoms with van der Waals surface area (Å²) in [6.07, 6.45) is 2.13. The molecule has 3 heterocycles. The summed E-state index contributed by atoms with van der Waals surface area (Å²) in [5.41, 5.74) is -0.338. The zero-order valence-corrected chi connectivity index (χ0v) is 20.9. The van der Waals surface area contributed by atoms with Gasteiger partial charge in [-0.3, -0.25) is 9.36 Å². The molecule has 1 aliphatic carbocycles. The number of carbonyl (C=O) groups excluding carboxylic acids is 1. The van der Waals surface area contributed by atoms with Gasteiger partial charge in [-0.15, -0.1) is 0 Å². The molecule has 2 fully saturated rings. The van der Waals surface area contributed by atoms with Crippen molar-refractivity contribution in [3.8, 4) is 11.8 Å². The lowest BCUT2D eigenvalue weighted by atomic mass is 9.96. The fourth-order valence-electron chi connectivity index (χ4n) is 5.54. The van der Waals surface area contributed by atoms with E-state index in [1.54, 1.807) is 13.0 Å². The molecule has 2 N–H and O–H groups in total. The van der Waals surface area contributed by atoms with Crippen LogP contribution in [0.2, 0.25) is 0 Å². The van der Waals surface area contributed by atoms with E-state index in [0.29, 0.717) is 41.0 Å². The van der Waals surface area contributed by atoms with Crippen molar-refractivity contribution in [3.63, 3.8) is 0 Å². The maximum absolute atomic E-state index is 13.0. The van der Waals surface area contributed by atoms with Crippen LogP contribution >= 0.6 is 0 Å². The summed E-state index contributed by atoms with van der Waals surface area (Å²) in [7, 11) is 0. The van der Waals surface area contributed by atoms with E-state index < -0.39 is 23.2 Å². The van der Waals surface area contributed by atoms with Crippen LogP contribution in [0.5, 0.6) is 5.75 Å². The van der Waals surface area contributed by atoms with Crippen LogP contribution in [0.3, 0.4) is 0 Å². The van der Waals surface area contributed by atoms with Crippen LogP contribution in [-0.4, -0.2) is 52.6 Å². The van der Waals surface area contributed by atoms with Gasteiger partial charge in [-0.05, 0) is 59.1 Å². The van der Waals surface area contributed by atoms with Crippen molar-refractivity contribution >= 4 is 28.7 Å². The second kappa shape index (κ2) is 8.15. The van der Waals surface area contributed by atoms with Gasteiger partial charge in [0.15, 0.2) is 5.75 Å². The summed E-state index contributed by atoms with van der Waals surface area (Å²) in [5, 5.41) is 23.1. The number of ether oxygens (including phenoxy) is 2. The van der Waals surface area contributed by atoms with Crippen LogP contribution in [-0.2, 0) is 4.74 Å². The third kappa shape index (κ3) is 3.92.